The number of hydrogen-bond donors (Lipinski definition) is 1. The van der Waals surface area contributed by atoms with E-state index in [1.54, 1.807) is 0 Å². The molecular formula is C5H10FNS. The van der Waals surface area contributed by atoms with Crippen molar-refractivity contribution in [2.45, 2.75) is 6.04 Å². The lowest BCUT2D eigenvalue weighted by atomic mass is 10.4. The van der Waals surface area contributed by atoms with Crippen LogP contribution in [0.2, 0.25) is 0 Å². The lowest BCUT2D eigenvalue weighted by Crippen LogP contribution is -2.38. The first kappa shape index (κ1) is 6.36. The Morgan fingerprint density at radius 2 is 2.62 bits per heavy atom. The van der Waals surface area contributed by atoms with Crippen molar-refractivity contribution in [1.82, 2.24) is 5.32 Å². The summed E-state index contributed by atoms with van der Waals surface area (Å²) in [6.45, 7) is 0.756. The molecule has 1 aliphatic heterocycles. The summed E-state index contributed by atoms with van der Waals surface area (Å²) < 4.78 is 11.8. The van der Waals surface area contributed by atoms with Gasteiger partial charge in [0.2, 0.25) is 0 Å². The zero-order valence-corrected chi connectivity index (χ0v) is 5.51. The summed E-state index contributed by atoms with van der Waals surface area (Å²) in [5.41, 5.74) is 0. The predicted molar refractivity (Wildman–Crippen MR) is 35.1 cm³/mol. The van der Waals surface area contributed by atoms with E-state index in [0.717, 1.165) is 18.1 Å². The number of alkyl halides is 1. The summed E-state index contributed by atoms with van der Waals surface area (Å²) >= 11 is 1.83. The van der Waals surface area contributed by atoms with Crippen molar-refractivity contribution in [2.75, 3.05) is 24.7 Å². The zero-order valence-electron chi connectivity index (χ0n) is 4.69. The Morgan fingerprint density at radius 3 is 3.00 bits per heavy atom. The molecule has 1 heterocycles. The highest BCUT2D eigenvalue weighted by Crippen LogP contribution is 2.06. The minimum Gasteiger partial charge on any atom is -0.310 e. The van der Waals surface area contributed by atoms with Gasteiger partial charge in [-0.05, 0) is 0 Å². The first-order valence-corrected chi connectivity index (χ1v) is 3.96. The second-order valence-corrected chi connectivity index (χ2v) is 3.03. The highest BCUT2D eigenvalue weighted by molar-refractivity contribution is 7.99. The van der Waals surface area contributed by atoms with E-state index in [1.165, 1.54) is 0 Å². The maximum Gasteiger partial charge on any atom is 0.105 e. The average molecular weight is 135 g/mol. The third-order valence-electron chi connectivity index (χ3n) is 1.18. The van der Waals surface area contributed by atoms with Crippen molar-refractivity contribution in [2.24, 2.45) is 0 Å². The predicted octanol–water partition coefficient (Wildman–Crippen LogP) is 0.661. The second-order valence-electron chi connectivity index (χ2n) is 1.88. The molecule has 0 spiro atoms. The van der Waals surface area contributed by atoms with Gasteiger partial charge in [0.15, 0.2) is 0 Å². The number of halogens is 1. The smallest absolute Gasteiger partial charge is 0.105 e. The van der Waals surface area contributed by atoms with Gasteiger partial charge in [-0.1, -0.05) is 0 Å². The van der Waals surface area contributed by atoms with Crippen LogP contribution in [0.15, 0.2) is 0 Å². The molecule has 0 radical (unpaired) electrons. The van der Waals surface area contributed by atoms with Gasteiger partial charge >= 0.3 is 0 Å². The third kappa shape index (κ3) is 1.63. The summed E-state index contributed by atoms with van der Waals surface area (Å²) in [6.07, 6.45) is 0. The highest BCUT2D eigenvalue weighted by atomic mass is 32.2. The van der Waals surface area contributed by atoms with E-state index < -0.39 is 0 Å². The van der Waals surface area contributed by atoms with Crippen LogP contribution < -0.4 is 5.32 Å². The monoisotopic (exact) mass is 135 g/mol. The Morgan fingerprint density at radius 1 is 1.75 bits per heavy atom. The molecule has 1 atom stereocenters. The van der Waals surface area contributed by atoms with Gasteiger partial charge in [0.25, 0.3) is 0 Å². The van der Waals surface area contributed by atoms with Crippen LogP contribution in [0.4, 0.5) is 4.39 Å². The zero-order chi connectivity index (χ0) is 5.82. The molecule has 1 rings (SSSR count). The Kier molecular flexibility index (Phi) is 2.63. The topological polar surface area (TPSA) is 12.0 Å². The van der Waals surface area contributed by atoms with Crippen molar-refractivity contribution in [3.8, 4) is 0 Å². The van der Waals surface area contributed by atoms with Gasteiger partial charge in [-0.15, -0.1) is 0 Å². The van der Waals surface area contributed by atoms with Gasteiger partial charge in [0.05, 0.1) is 0 Å². The molecule has 0 aromatic rings. The number of nitrogens with one attached hydrogen (secondary N) is 1. The molecule has 3 heteroatoms. The Labute approximate surface area is 53.0 Å². The van der Waals surface area contributed by atoms with Crippen molar-refractivity contribution in [3.63, 3.8) is 0 Å². The van der Waals surface area contributed by atoms with E-state index in [2.05, 4.69) is 5.32 Å². The summed E-state index contributed by atoms with van der Waals surface area (Å²) in [4.78, 5) is 0. The highest BCUT2D eigenvalue weighted by Gasteiger charge is 2.10. The van der Waals surface area contributed by atoms with Crippen LogP contribution in [-0.4, -0.2) is 30.8 Å². The van der Waals surface area contributed by atoms with Gasteiger partial charge in [-0.2, -0.15) is 11.8 Å². The fraction of sp³-hybridized carbons (Fsp3) is 1.00. The molecule has 8 heavy (non-hydrogen) atoms. The average Bonchev–Trinajstić information content (AvgIpc) is 1.90. The van der Waals surface area contributed by atoms with Crippen molar-refractivity contribution < 1.29 is 4.39 Å². The summed E-state index contributed by atoms with van der Waals surface area (Å²) in [5, 5.41) is 3.07. The maximum atomic E-state index is 11.8. The van der Waals surface area contributed by atoms with E-state index in [9.17, 15) is 4.39 Å². The maximum absolute atomic E-state index is 11.8. The largest absolute Gasteiger partial charge is 0.310 e. The van der Waals surface area contributed by atoms with Crippen molar-refractivity contribution in [3.05, 3.63) is 0 Å². The Hall–Kier alpha value is 0.240. The first-order chi connectivity index (χ1) is 3.93. The molecular weight excluding hydrogens is 125 g/mol. The lowest BCUT2D eigenvalue weighted by Gasteiger charge is -2.19. The Balaban J connectivity index is 2.13. The first-order valence-electron chi connectivity index (χ1n) is 2.80. The van der Waals surface area contributed by atoms with Crippen LogP contribution in [0.1, 0.15) is 0 Å². The molecule has 0 bridgehead atoms. The van der Waals surface area contributed by atoms with Crippen LogP contribution >= 0.6 is 11.8 Å². The second kappa shape index (κ2) is 3.30. The lowest BCUT2D eigenvalue weighted by molar-refractivity contribution is 0.398. The minimum absolute atomic E-state index is 0.133. The van der Waals surface area contributed by atoms with E-state index in [1.807, 2.05) is 11.8 Å². The van der Waals surface area contributed by atoms with Crippen molar-refractivity contribution in [1.29, 1.82) is 0 Å². The molecule has 48 valence electrons. The SMILES string of the molecule is FCC1CSCCN1. The van der Waals surface area contributed by atoms with Crippen LogP contribution in [0, 0.1) is 0 Å². The molecule has 1 saturated heterocycles. The van der Waals surface area contributed by atoms with E-state index in [4.69, 9.17) is 0 Å². The van der Waals surface area contributed by atoms with Gasteiger partial charge in [-0.3, -0.25) is 0 Å². The molecule has 0 aliphatic carbocycles. The van der Waals surface area contributed by atoms with Crippen LogP contribution in [-0.2, 0) is 0 Å². The molecule has 0 amide bonds. The van der Waals surface area contributed by atoms with E-state index in [0.29, 0.717) is 0 Å². The quantitative estimate of drug-likeness (QED) is 0.567. The molecule has 1 aliphatic rings. The van der Waals surface area contributed by atoms with Gasteiger partial charge in [0.1, 0.15) is 6.67 Å². The van der Waals surface area contributed by atoms with Crippen LogP contribution in [0.25, 0.3) is 0 Å². The molecule has 0 aromatic carbocycles. The summed E-state index contributed by atoms with van der Waals surface area (Å²) in [5.74, 6) is 2.08. The number of rotatable bonds is 1. The molecule has 1 N–H and O–H groups in total. The van der Waals surface area contributed by atoms with Crippen LogP contribution in [0.5, 0.6) is 0 Å². The third-order valence-corrected chi connectivity index (χ3v) is 2.32. The fourth-order valence-electron chi connectivity index (χ4n) is 0.719. The number of hydrogen-bond acceptors (Lipinski definition) is 2. The number of thioether (sulfide) groups is 1. The van der Waals surface area contributed by atoms with E-state index >= 15 is 0 Å². The molecule has 0 aromatic heterocycles. The minimum atomic E-state index is -0.215. The Bertz CT molecular complexity index is 63.4. The molecule has 1 fully saturated rings. The fourth-order valence-corrected chi connectivity index (χ4v) is 1.64. The molecule has 1 nitrogen and oxygen atoms in total. The standard InChI is InChI=1S/C5H10FNS/c6-3-5-4-8-2-1-7-5/h5,7H,1-4H2. The molecule has 0 saturated carbocycles. The van der Waals surface area contributed by atoms with Crippen molar-refractivity contribution >= 4 is 11.8 Å². The summed E-state index contributed by atoms with van der Waals surface area (Å²) in [7, 11) is 0. The van der Waals surface area contributed by atoms with Gasteiger partial charge in [0, 0.05) is 24.1 Å². The van der Waals surface area contributed by atoms with Gasteiger partial charge in [-0.25, -0.2) is 4.39 Å². The van der Waals surface area contributed by atoms with Crippen LogP contribution in [0.3, 0.4) is 0 Å². The summed E-state index contributed by atoms with van der Waals surface area (Å²) in [6, 6.07) is 0.133. The normalized spacial score (nSPS) is 30.4. The van der Waals surface area contributed by atoms with Gasteiger partial charge < -0.3 is 5.32 Å². The van der Waals surface area contributed by atoms with E-state index in [-0.39, 0.29) is 12.7 Å². The molecule has 1 unspecified atom stereocenters.